The topological polar surface area (TPSA) is 26.3 Å². The molecule has 0 heterocycles. The number of hydrogen-bond donors (Lipinski definition) is 0. The van der Waals surface area contributed by atoms with Crippen molar-refractivity contribution in [1.82, 2.24) is 0 Å². The molecule has 0 radical (unpaired) electrons. The summed E-state index contributed by atoms with van der Waals surface area (Å²) >= 11 is 0. The van der Waals surface area contributed by atoms with Gasteiger partial charge in [0.15, 0.2) is 0 Å². The zero-order valence-electron chi connectivity index (χ0n) is 12.2. The van der Waals surface area contributed by atoms with E-state index in [1.807, 2.05) is 0 Å². The Morgan fingerprint density at radius 3 is 2.61 bits per heavy atom. The van der Waals surface area contributed by atoms with Gasteiger partial charge in [0.05, 0.1) is 0 Å². The Balaban J connectivity index is 1.99. The van der Waals surface area contributed by atoms with Crippen LogP contribution in [-0.2, 0) is 9.53 Å². The van der Waals surface area contributed by atoms with E-state index in [-0.39, 0.29) is 11.6 Å². The Labute approximate surface area is 111 Å². The molecule has 0 amide bonds. The van der Waals surface area contributed by atoms with Crippen LogP contribution >= 0.6 is 0 Å². The van der Waals surface area contributed by atoms with Gasteiger partial charge in [-0.25, -0.2) is 0 Å². The van der Waals surface area contributed by atoms with E-state index in [9.17, 15) is 4.79 Å². The molecule has 4 atom stereocenters. The van der Waals surface area contributed by atoms with Crippen LogP contribution in [0.2, 0.25) is 0 Å². The molecule has 2 heteroatoms. The number of fused-ring (bicyclic) bond motifs is 2. The van der Waals surface area contributed by atoms with Gasteiger partial charge in [0.1, 0.15) is 5.60 Å². The molecule has 2 aliphatic rings. The van der Waals surface area contributed by atoms with Crippen LogP contribution in [0.3, 0.4) is 0 Å². The molecular weight excluding hydrogens is 224 g/mol. The van der Waals surface area contributed by atoms with Gasteiger partial charge in [-0.3, -0.25) is 4.79 Å². The van der Waals surface area contributed by atoms with Crippen molar-refractivity contribution in [3.05, 3.63) is 0 Å². The second kappa shape index (κ2) is 5.63. The van der Waals surface area contributed by atoms with E-state index in [1.54, 1.807) is 6.92 Å². The first-order valence-electron chi connectivity index (χ1n) is 7.81. The van der Waals surface area contributed by atoms with Gasteiger partial charge >= 0.3 is 5.97 Å². The number of carbonyl (C=O) groups is 1. The molecule has 2 rings (SSSR count). The van der Waals surface area contributed by atoms with E-state index < -0.39 is 0 Å². The lowest BCUT2D eigenvalue weighted by molar-refractivity contribution is -0.166. The lowest BCUT2D eigenvalue weighted by Crippen LogP contribution is -2.43. The fraction of sp³-hybridized carbons (Fsp3) is 0.938. The number of carbonyl (C=O) groups excluding carboxylic acids is 1. The number of rotatable bonds is 6. The first-order valence-corrected chi connectivity index (χ1v) is 7.81. The van der Waals surface area contributed by atoms with Crippen LogP contribution in [0.5, 0.6) is 0 Å². The number of esters is 1. The van der Waals surface area contributed by atoms with Crippen molar-refractivity contribution in [2.75, 3.05) is 0 Å². The maximum atomic E-state index is 11.4. The van der Waals surface area contributed by atoms with E-state index in [2.05, 4.69) is 13.8 Å². The zero-order chi connectivity index (χ0) is 13.2. The maximum absolute atomic E-state index is 11.4. The summed E-state index contributed by atoms with van der Waals surface area (Å²) in [6.45, 7) is 6.01. The van der Waals surface area contributed by atoms with Crippen molar-refractivity contribution in [3.63, 3.8) is 0 Å². The number of unbranched alkanes of at least 4 members (excludes halogenated alkanes) is 2. The third-order valence-corrected chi connectivity index (χ3v) is 5.23. The van der Waals surface area contributed by atoms with Crippen molar-refractivity contribution in [1.29, 1.82) is 0 Å². The minimum atomic E-state index is -0.106. The molecule has 4 unspecified atom stereocenters. The first kappa shape index (κ1) is 13.9. The van der Waals surface area contributed by atoms with Crippen LogP contribution < -0.4 is 0 Å². The minimum absolute atomic E-state index is 0.0864. The Morgan fingerprint density at radius 1 is 1.28 bits per heavy atom. The lowest BCUT2D eigenvalue weighted by atomic mass is 9.73. The lowest BCUT2D eigenvalue weighted by Gasteiger charge is -2.40. The molecule has 0 aromatic rings. The highest BCUT2D eigenvalue weighted by atomic mass is 16.6. The minimum Gasteiger partial charge on any atom is -0.459 e. The van der Waals surface area contributed by atoms with Crippen molar-refractivity contribution in [3.8, 4) is 0 Å². The molecule has 2 saturated carbocycles. The van der Waals surface area contributed by atoms with E-state index in [0.717, 1.165) is 24.7 Å². The predicted octanol–water partition coefficient (Wildman–Crippen LogP) is 4.32. The molecule has 2 bridgehead atoms. The monoisotopic (exact) mass is 252 g/mol. The second-order valence-corrected chi connectivity index (χ2v) is 6.42. The summed E-state index contributed by atoms with van der Waals surface area (Å²) in [6, 6.07) is 0. The SMILES string of the molecule is CCCCCC1CC2CC1C(CC)(OC(C)=O)C2. The maximum Gasteiger partial charge on any atom is 0.303 e. The molecule has 0 saturated heterocycles. The summed E-state index contributed by atoms with van der Waals surface area (Å²) in [7, 11) is 0. The highest BCUT2D eigenvalue weighted by Crippen LogP contribution is 2.58. The predicted molar refractivity (Wildman–Crippen MR) is 73.3 cm³/mol. The average molecular weight is 252 g/mol. The summed E-state index contributed by atoms with van der Waals surface area (Å²) in [6.07, 6.45) is 10.2. The Kier molecular flexibility index (Phi) is 4.34. The van der Waals surface area contributed by atoms with Crippen molar-refractivity contribution < 1.29 is 9.53 Å². The van der Waals surface area contributed by atoms with Crippen LogP contribution in [0.15, 0.2) is 0 Å². The molecule has 104 valence electrons. The van der Waals surface area contributed by atoms with Crippen LogP contribution in [0.25, 0.3) is 0 Å². The van der Waals surface area contributed by atoms with Gasteiger partial charge < -0.3 is 4.74 Å². The second-order valence-electron chi connectivity index (χ2n) is 6.42. The highest BCUT2D eigenvalue weighted by Gasteiger charge is 2.56. The Hall–Kier alpha value is -0.530. The molecule has 0 aliphatic heterocycles. The van der Waals surface area contributed by atoms with Crippen LogP contribution in [-0.4, -0.2) is 11.6 Å². The molecule has 18 heavy (non-hydrogen) atoms. The van der Waals surface area contributed by atoms with Gasteiger partial charge in [-0.15, -0.1) is 0 Å². The third kappa shape index (κ3) is 2.57. The van der Waals surface area contributed by atoms with Gasteiger partial charge in [-0.05, 0) is 37.5 Å². The summed E-state index contributed by atoms with van der Waals surface area (Å²) in [5.74, 6) is 2.19. The van der Waals surface area contributed by atoms with Gasteiger partial charge in [0, 0.05) is 12.8 Å². The van der Waals surface area contributed by atoms with Gasteiger partial charge in [-0.1, -0.05) is 39.5 Å². The molecule has 0 N–H and O–H groups in total. The third-order valence-electron chi connectivity index (χ3n) is 5.23. The molecule has 0 aromatic heterocycles. The quantitative estimate of drug-likeness (QED) is 0.519. The van der Waals surface area contributed by atoms with Gasteiger partial charge in [0.25, 0.3) is 0 Å². The van der Waals surface area contributed by atoms with Gasteiger partial charge in [-0.2, -0.15) is 0 Å². The molecule has 2 fully saturated rings. The highest BCUT2D eigenvalue weighted by molar-refractivity contribution is 5.66. The van der Waals surface area contributed by atoms with E-state index in [4.69, 9.17) is 4.74 Å². The molecule has 2 aliphatic carbocycles. The largest absolute Gasteiger partial charge is 0.459 e. The molecular formula is C16H28O2. The summed E-state index contributed by atoms with van der Waals surface area (Å²) in [5, 5.41) is 0. The summed E-state index contributed by atoms with van der Waals surface area (Å²) in [5.41, 5.74) is -0.106. The Morgan fingerprint density at radius 2 is 2.06 bits per heavy atom. The van der Waals surface area contributed by atoms with Crippen LogP contribution in [0.1, 0.15) is 72.1 Å². The standard InChI is InChI=1S/C16H28O2/c1-4-6-7-8-14-9-13-10-15(14)16(5-2,11-13)18-12(3)17/h13-15H,4-11H2,1-3H3. The number of hydrogen-bond acceptors (Lipinski definition) is 2. The van der Waals surface area contributed by atoms with Crippen LogP contribution in [0.4, 0.5) is 0 Å². The van der Waals surface area contributed by atoms with E-state index in [0.29, 0.717) is 5.92 Å². The number of ether oxygens (including phenoxy) is 1. The zero-order valence-corrected chi connectivity index (χ0v) is 12.2. The molecule has 0 aromatic carbocycles. The first-order chi connectivity index (χ1) is 8.61. The van der Waals surface area contributed by atoms with Crippen LogP contribution in [0, 0.1) is 17.8 Å². The molecule has 2 nitrogen and oxygen atoms in total. The fourth-order valence-electron chi connectivity index (χ4n) is 4.55. The van der Waals surface area contributed by atoms with Crippen molar-refractivity contribution in [2.24, 2.45) is 17.8 Å². The summed E-state index contributed by atoms with van der Waals surface area (Å²) in [4.78, 5) is 11.4. The van der Waals surface area contributed by atoms with E-state index in [1.165, 1.54) is 38.5 Å². The van der Waals surface area contributed by atoms with Gasteiger partial charge in [0.2, 0.25) is 0 Å². The van der Waals surface area contributed by atoms with Crippen molar-refractivity contribution >= 4 is 5.97 Å². The van der Waals surface area contributed by atoms with E-state index >= 15 is 0 Å². The average Bonchev–Trinajstić information content (AvgIpc) is 2.86. The summed E-state index contributed by atoms with van der Waals surface area (Å²) < 4.78 is 5.78. The fourth-order valence-corrected chi connectivity index (χ4v) is 4.55. The smallest absolute Gasteiger partial charge is 0.303 e. The Bertz CT molecular complexity index is 299. The normalized spacial score (nSPS) is 38.1. The van der Waals surface area contributed by atoms with Crippen molar-refractivity contribution in [2.45, 2.75) is 77.7 Å². The molecule has 0 spiro atoms.